The van der Waals surface area contributed by atoms with E-state index in [-0.39, 0.29) is 22.9 Å². The lowest BCUT2D eigenvalue weighted by molar-refractivity contribution is 0.0128. The highest BCUT2D eigenvalue weighted by atomic mass is 35.5. The zero-order chi connectivity index (χ0) is 27.4. The molecule has 1 atom stereocenters. The molecule has 1 fully saturated rings. The highest BCUT2D eigenvalue weighted by Gasteiger charge is 2.25. The van der Waals surface area contributed by atoms with Gasteiger partial charge in [-0.1, -0.05) is 41.9 Å². The first-order chi connectivity index (χ1) is 18.9. The van der Waals surface area contributed by atoms with Crippen LogP contribution in [0.1, 0.15) is 46.1 Å². The average Bonchev–Trinajstić information content (AvgIpc) is 3.77. The molecule has 1 N–H and O–H groups in total. The van der Waals surface area contributed by atoms with Crippen LogP contribution in [0, 0.1) is 11.7 Å². The van der Waals surface area contributed by atoms with Crippen LogP contribution in [-0.2, 0) is 4.74 Å². The number of aromatic nitrogens is 1. The maximum Gasteiger partial charge on any atom is 0.339 e. The monoisotopic (exact) mass is 547 g/mol. The Morgan fingerprint density at radius 2 is 1.97 bits per heavy atom. The summed E-state index contributed by atoms with van der Waals surface area (Å²) in [5, 5.41) is 10.3. The minimum absolute atomic E-state index is 0.0267. The Balaban J connectivity index is 1.35. The van der Waals surface area contributed by atoms with Gasteiger partial charge < -0.3 is 19.3 Å². The maximum absolute atomic E-state index is 13.7. The van der Waals surface area contributed by atoms with E-state index in [4.69, 9.17) is 25.8 Å². The second-order valence-electron chi connectivity index (χ2n) is 9.44. The third-order valence-corrected chi connectivity index (χ3v) is 6.81. The fraction of sp³-hybridized carbons (Fsp3) is 0.226. The third kappa shape index (κ3) is 6.74. The Kier molecular flexibility index (Phi) is 8.10. The van der Waals surface area contributed by atoms with Crippen LogP contribution >= 0.6 is 11.6 Å². The Bertz CT molecular complexity index is 1540. The minimum Gasteiger partial charge on any atom is -0.497 e. The zero-order valence-corrected chi connectivity index (χ0v) is 22.0. The standard InChI is InChI=1S/C31H27ClFNO5/c1-37-24-11-12-29(25(15-24)31(35)36)39-18-30(38-17-20-5-6-20)22-4-2-3-19(13-22)7-9-23-10-8-21-14-27(33)26(32)16-28(21)34-23/h2-4,7-16,20,30H,5-6,17-18H2,1H3,(H,35,36)/b9-7+/t30-/m1/s1. The zero-order valence-electron chi connectivity index (χ0n) is 21.3. The van der Waals surface area contributed by atoms with Gasteiger partial charge in [-0.2, -0.15) is 0 Å². The van der Waals surface area contributed by atoms with E-state index in [0.717, 1.165) is 24.0 Å². The number of hydrogen-bond donors (Lipinski definition) is 1. The number of halogens is 2. The summed E-state index contributed by atoms with van der Waals surface area (Å²) < 4.78 is 31.1. The molecule has 3 aromatic carbocycles. The minimum atomic E-state index is -1.10. The Morgan fingerprint density at radius 3 is 2.74 bits per heavy atom. The van der Waals surface area contributed by atoms with Crippen LogP contribution in [0.2, 0.25) is 5.02 Å². The molecule has 0 aliphatic heterocycles. The second kappa shape index (κ2) is 11.8. The van der Waals surface area contributed by atoms with Gasteiger partial charge in [0.15, 0.2) is 0 Å². The Labute approximate surface area is 230 Å². The molecule has 4 aromatic rings. The molecule has 1 heterocycles. The van der Waals surface area contributed by atoms with Crippen molar-refractivity contribution < 1.29 is 28.5 Å². The van der Waals surface area contributed by atoms with E-state index in [0.29, 0.717) is 34.9 Å². The Hall–Kier alpha value is -3.94. The largest absolute Gasteiger partial charge is 0.497 e. The molecule has 200 valence electrons. The van der Waals surface area contributed by atoms with Gasteiger partial charge in [-0.25, -0.2) is 14.2 Å². The molecule has 0 saturated heterocycles. The highest BCUT2D eigenvalue weighted by molar-refractivity contribution is 6.31. The second-order valence-corrected chi connectivity index (χ2v) is 9.85. The van der Waals surface area contributed by atoms with Crippen molar-refractivity contribution in [3.05, 3.63) is 100.0 Å². The van der Waals surface area contributed by atoms with Gasteiger partial charge in [-0.05, 0) is 78.4 Å². The van der Waals surface area contributed by atoms with E-state index in [2.05, 4.69) is 4.98 Å². The molecule has 6 nitrogen and oxygen atoms in total. The summed E-state index contributed by atoms with van der Waals surface area (Å²) in [4.78, 5) is 16.3. The van der Waals surface area contributed by atoms with Crippen molar-refractivity contribution in [2.24, 2.45) is 5.92 Å². The smallest absolute Gasteiger partial charge is 0.339 e. The van der Waals surface area contributed by atoms with Gasteiger partial charge in [0.2, 0.25) is 0 Å². The van der Waals surface area contributed by atoms with Crippen LogP contribution < -0.4 is 9.47 Å². The summed E-state index contributed by atoms with van der Waals surface area (Å²) in [5.41, 5.74) is 3.20. The molecular weight excluding hydrogens is 521 g/mol. The van der Waals surface area contributed by atoms with Crippen LogP contribution in [0.3, 0.4) is 0 Å². The molecule has 0 bridgehead atoms. The number of hydrogen-bond acceptors (Lipinski definition) is 5. The normalized spacial score (nSPS) is 14.0. The van der Waals surface area contributed by atoms with Crippen molar-refractivity contribution >= 4 is 40.6 Å². The average molecular weight is 548 g/mol. The SMILES string of the molecule is COc1ccc(OC[C@@H](OCC2CC2)c2cccc(/C=C/c3ccc4cc(F)c(Cl)cc4n3)c2)c(C(=O)O)c1. The van der Waals surface area contributed by atoms with Gasteiger partial charge in [0.25, 0.3) is 0 Å². The molecule has 0 amide bonds. The van der Waals surface area contributed by atoms with E-state index in [1.54, 1.807) is 12.1 Å². The number of methoxy groups -OCH3 is 1. The van der Waals surface area contributed by atoms with Gasteiger partial charge in [0.05, 0.1) is 29.9 Å². The van der Waals surface area contributed by atoms with Gasteiger partial charge in [0, 0.05) is 5.39 Å². The summed E-state index contributed by atoms with van der Waals surface area (Å²) in [7, 11) is 1.48. The summed E-state index contributed by atoms with van der Waals surface area (Å²) in [5.74, 6) is -0.327. The molecule has 1 saturated carbocycles. The fourth-order valence-corrected chi connectivity index (χ4v) is 4.30. The number of ether oxygens (including phenoxy) is 3. The molecule has 1 aliphatic rings. The van der Waals surface area contributed by atoms with Crippen molar-refractivity contribution in [3.8, 4) is 11.5 Å². The van der Waals surface area contributed by atoms with Crippen molar-refractivity contribution in [2.75, 3.05) is 20.3 Å². The number of fused-ring (bicyclic) bond motifs is 1. The number of pyridine rings is 1. The molecule has 0 radical (unpaired) electrons. The van der Waals surface area contributed by atoms with Gasteiger partial charge in [-0.15, -0.1) is 0 Å². The summed E-state index contributed by atoms with van der Waals surface area (Å²) in [6.45, 7) is 0.767. The van der Waals surface area contributed by atoms with Crippen LogP contribution in [0.4, 0.5) is 4.39 Å². The highest BCUT2D eigenvalue weighted by Crippen LogP contribution is 2.32. The first kappa shape index (κ1) is 26.7. The molecule has 5 rings (SSSR count). The molecule has 1 aromatic heterocycles. The number of rotatable bonds is 11. The quantitative estimate of drug-likeness (QED) is 0.210. The summed E-state index contributed by atoms with van der Waals surface area (Å²) in [6, 6.07) is 19.1. The lowest BCUT2D eigenvalue weighted by Crippen LogP contribution is -2.16. The summed E-state index contributed by atoms with van der Waals surface area (Å²) >= 11 is 5.92. The fourth-order valence-electron chi connectivity index (χ4n) is 4.14. The lowest BCUT2D eigenvalue weighted by Gasteiger charge is -2.20. The van der Waals surface area contributed by atoms with Crippen LogP contribution in [0.25, 0.3) is 23.1 Å². The topological polar surface area (TPSA) is 77.9 Å². The predicted octanol–water partition coefficient (Wildman–Crippen LogP) is 7.45. The first-order valence-electron chi connectivity index (χ1n) is 12.6. The number of carboxylic acid groups (broad SMARTS) is 1. The van der Waals surface area contributed by atoms with E-state index in [9.17, 15) is 14.3 Å². The first-order valence-corrected chi connectivity index (χ1v) is 13.0. The van der Waals surface area contributed by atoms with Crippen molar-refractivity contribution in [2.45, 2.75) is 18.9 Å². The van der Waals surface area contributed by atoms with Crippen LogP contribution in [-0.4, -0.2) is 36.4 Å². The van der Waals surface area contributed by atoms with E-state index in [1.165, 1.54) is 25.3 Å². The van der Waals surface area contributed by atoms with Crippen LogP contribution in [0.5, 0.6) is 11.5 Å². The van der Waals surface area contributed by atoms with E-state index >= 15 is 0 Å². The molecule has 8 heteroatoms. The molecule has 39 heavy (non-hydrogen) atoms. The maximum atomic E-state index is 13.7. The van der Waals surface area contributed by atoms with E-state index < -0.39 is 17.9 Å². The van der Waals surface area contributed by atoms with Crippen LogP contribution in [0.15, 0.2) is 66.7 Å². The van der Waals surface area contributed by atoms with Gasteiger partial charge >= 0.3 is 5.97 Å². The molecule has 0 spiro atoms. The lowest BCUT2D eigenvalue weighted by atomic mass is 10.1. The molecule has 0 unspecified atom stereocenters. The number of nitrogens with zero attached hydrogens (tertiary/aromatic N) is 1. The van der Waals surface area contributed by atoms with Crippen molar-refractivity contribution in [3.63, 3.8) is 0 Å². The Morgan fingerprint density at radius 1 is 1.13 bits per heavy atom. The number of carbonyl (C=O) groups is 1. The van der Waals surface area contributed by atoms with Gasteiger partial charge in [0.1, 0.15) is 35.6 Å². The van der Waals surface area contributed by atoms with Gasteiger partial charge in [-0.3, -0.25) is 0 Å². The number of carboxylic acids is 1. The molecular formula is C31H27ClFNO5. The third-order valence-electron chi connectivity index (χ3n) is 6.52. The van der Waals surface area contributed by atoms with Crippen molar-refractivity contribution in [1.29, 1.82) is 0 Å². The summed E-state index contributed by atoms with van der Waals surface area (Å²) in [6.07, 6.45) is 5.72. The number of aromatic carboxylic acids is 1. The molecule has 1 aliphatic carbocycles. The van der Waals surface area contributed by atoms with E-state index in [1.807, 2.05) is 48.6 Å². The number of benzene rings is 3. The predicted molar refractivity (Wildman–Crippen MR) is 149 cm³/mol. The van der Waals surface area contributed by atoms with Crippen molar-refractivity contribution in [1.82, 2.24) is 4.98 Å².